The van der Waals surface area contributed by atoms with Crippen molar-refractivity contribution in [2.45, 2.75) is 52.2 Å². The van der Waals surface area contributed by atoms with Gasteiger partial charge in [0.2, 0.25) is 0 Å². The number of aryl methyl sites for hydroxylation is 1. The zero-order valence-electron chi connectivity index (χ0n) is 21.4. The number of rotatable bonds is 11. The number of anilines is 1. The number of carbonyl (C=O) groups excluding carboxylic acids is 1. The fourth-order valence-electron chi connectivity index (χ4n) is 4.45. The standard InChI is InChI=1S/C26H36N6O4/c1-4-5-16-35-24-29-22(27-2)21-23(30-24)32(25(28-21)34-3)15-13-19-12-9-14-31(17-19)26(33)36-18-20-10-7-6-8-11-20/h6-8,10-11,19H,4-5,9,12-18H2,1-3H3,(H,27,29,30). The van der Waals surface area contributed by atoms with Crippen LogP contribution in [0.4, 0.5) is 10.6 Å². The fraction of sp³-hybridized carbons (Fsp3) is 0.538. The van der Waals surface area contributed by atoms with Gasteiger partial charge in [0.15, 0.2) is 17.0 Å². The van der Waals surface area contributed by atoms with Gasteiger partial charge in [-0.3, -0.25) is 4.57 Å². The number of nitrogens with one attached hydrogen (secondary N) is 1. The fourth-order valence-corrected chi connectivity index (χ4v) is 4.45. The molecule has 1 N–H and O–H groups in total. The molecule has 0 saturated carbocycles. The number of amides is 1. The highest BCUT2D eigenvalue weighted by molar-refractivity contribution is 5.84. The van der Waals surface area contributed by atoms with E-state index in [0.717, 1.165) is 44.2 Å². The van der Waals surface area contributed by atoms with Crippen LogP contribution < -0.4 is 14.8 Å². The van der Waals surface area contributed by atoms with E-state index in [0.29, 0.717) is 54.6 Å². The molecule has 0 spiro atoms. The summed E-state index contributed by atoms with van der Waals surface area (Å²) in [6.07, 6.45) is 4.58. The molecule has 1 aliphatic rings. The summed E-state index contributed by atoms with van der Waals surface area (Å²) >= 11 is 0. The molecule has 36 heavy (non-hydrogen) atoms. The van der Waals surface area contributed by atoms with Crippen molar-refractivity contribution in [1.29, 1.82) is 0 Å². The summed E-state index contributed by atoms with van der Waals surface area (Å²) in [7, 11) is 3.41. The molecule has 1 saturated heterocycles. The highest BCUT2D eigenvalue weighted by atomic mass is 16.6. The van der Waals surface area contributed by atoms with Crippen LogP contribution in [0.1, 0.15) is 44.6 Å². The van der Waals surface area contributed by atoms with Crippen LogP contribution in [0.2, 0.25) is 0 Å². The van der Waals surface area contributed by atoms with Gasteiger partial charge in [-0.25, -0.2) is 4.79 Å². The number of fused-ring (bicyclic) bond motifs is 1. The summed E-state index contributed by atoms with van der Waals surface area (Å²) in [5.41, 5.74) is 2.30. The van der Waals surface area contributed by atoms with E-state index in [1.807, 2.05) is 39.8 Å². The van der Waals surface area contributed by atoms with Crippen molar-refractivity contribution < 1.29 is 19.0 Å². The highest BCUT2D eigenvalue weighted by Crippen LogP contribution is 2.29. The van der Waals surface area contributed by atoms with Crippen LogP contribution in [-0.4, -0.2) is 64.4 Å². The van der Waals surface area contributed by atoms with Crippen molar-refractivity contribution >= 4 is 23.1 Å². The quantitative estimate of drug-likeness (QED) is 0.387. The van der Waals surface area contributed by atoms with E-state index in [-0.39, 0.29) is 12.7 Å². The lowest BCUT2D eigenvalue weighted by Gasteiger charge is -2.32. The minimum absolute atomic E-state index is 0.255. The molecule has 1 unspecified atom stereocenters. The van der Waals surface area contributed by atoms with Gasteiger partial charge in [0.25, 0.3) is 6.01 Å². The molecule has 10 heteroatoms. The third kappa shape index (κ3) is 6.16. The van der Waals surface area contributed by atoms with Crippen molar-refractivity contribution in [1.82, 2.24) is 24.4 Å². The van der Waals surface area contributed by atoms with Gasteiger partial charge in [0.05, 0.1) is 13.7 Å². The van der Waals surface area contributed by atoms with Crippen LogP contribution in [0, 0.1) is 5.92 Å². The van der Waals surface area contributed by atoms with Gasteiger partial charge in [-0.15, -0.1) is 0 Å². The third-order valence-electron chi connectivity index (χ3n) is 6.43. The van der Waals surface area contributed by atoms with Crippen molar-refractivity contribution in [3.8, 4) is 12.0 Å². The molecule has 1 atom stereocenters. The van der Waals surface area contributed by atoms with Crippen molar-refractivity contribution in [2.24, 2.45) is 5.92 Å². The first kappa shape index (κ1) is 25.5. The number of carbonyl (C=O) groups is 1. The maximum atomic E-state index is 12.7. The second-order valence-electron chi connectivity index (χ2n) is 9.01. The number of methoxy groups -OCH3 is 1. The predicted molar refractivity (Wildman–Crippen MR) is 137 cm³/mol. The number of hydrogen-bond donors (Lipinski definition) is 1. The lowest BCUT2D eigenvalue weighted by molar-refractivity contribution is 0.0773. The van der Waals surface area contributed by atoms with Crippen LogP contribution >= 0.6 is 0 Å². The minimum Gasteiger partial charge on any atom is -0.468 e. The summed E-state index contributed by atoms with van der Waals surface area (Å²) in [6.45, 7) is 5.01. The molecular weight excluding hydrogens is 460 g/mol. The highest BCUT2D eigenvalue weighted by Gasteiger charge is 2.26. The van der Waals surface area contributed by atoms with Gasteiger partial charge in [-0.05, 0) is 37.2 Å². The van der Waals surface area contributed by atoms with Gasteiger partial charge in [0.1, 0.15) is 6.61 Å². The Balaban J connectivity index is 1.42. The predicted octanol–water partition coefficient (Wildman–Crippen LogP) is 4.49. The van der Waals surface area contributed by atoms with E-state index in [1.165, 1.54) is 0 Å². The third-order valence-corrected chi connectivity index (χ3v) is 6.43. The summed E-state index contributed by atoms with van der Waals surface area (Å²) < 4.78 is 18.9. The molecule has 3 heterocycles. The second-order valence-corrected chi connectivity index (χ2v) is 9.01. The molecule has 1 aliphatic heterocycles. The maximum Gasteiger partial charge on any atom is 0.410 e. The Morgan fingerprint density at radius 1 is 1.19 bits per heavy atom. The molecule has 1 fully saturated rings. The van der Waals surface area contributed by atoms with Crippen LogP contribution in [0.15, 0.2) is 30.3 Å². The van der Waals surface area contributed by atoms with E-state index in [4.69, 9.17) is 14.2 Å². The summed E-state index contributed by atoms with van der Waals surface area (Å²) in [4.78, 5) is 28.2. The molecule has 194 valence electrons. The first-order chi connectivity index (χ1) is 17.6. The SMILES string of the molecule is CCCCOc1nc(NC)c2nc(OC)n(CCC3CCCN(C(=O)OCc4ccccc4)C3)c2n1. The lowest BCUT2D eigenvalue weighted by atomic mass is 9.95. The average molecular weight is 497 g/mol. The van der Waals surface area contributed by atoms with E-state index in [2.05, 4.69) is 27.2 Å². The van der Waals surface area contributed by atoms with E-state index >= 15 is 0 Å². The summed E-state index contributed by atoms with van der Waals surface area (Å²) in [6, 6.07) is 10.6. The number of piperidine rings is 1. The van der Waals surface area contributed by atoms with Crippen molar-refractivity contribution in [3.05, 3.63) is 35.9 Å². The second kappa shape index (κ2) is 12.4. The van der Waals surface area contributed by atoms with E-state index in [9.17, 15) is 4.79 Å². The molecule has 0 bridgehead atoms. The molecule has 1 amide bonds. The molecule has 0 radical (unpaired) electrons. The first-order valence-corrected chi connectivity index (χ1v) is 12.7. The average Bonchev–Trinajstić information content (AvgIpc) is 3.28. The zero-order chi connectivity index (χ0) is 25.3. The Labute approximate surface area is 212 Å². The van der Waals surface area contributed by atoms with Crippen molar-refractivity contribution in [3.63, 3.8) is 0 Å². The van der Waals surface area contributed by atoms with Gasteiger partial charge < -0.3 is 24.4 Å². The van der Waals surface area contributed by atoms with Gasteiger partial charge >= 0.3 is 12.1 Å². The Bertz CT molecular complexity index is 1140. The zero-order valence-corrected chi connectivity index (χ0v) is 21.4. The van der Waals surface area contributed by atoms with Crippen LogP contribution in [-0.2, 0) is 17.9 Å². The molecular formula is C26H36N6O4. The van der Waals surface area contributed by atoms with E-state index in [1.54, 1.807) is 14.2 Å². The van der Waals surface area contributed by atoms with Crippen LogP contribution in [0.3, 0.4) is 0 Å². The number of benzene rings is 1. The molecule has 2 aromatic heterocycles. The Morgan fingerprint density at radius 2 is 2.03 bits per heavy atom. The normalized spacial score (nSPS) is 15.6. The number of unbranched alkanes of at least 4 members (excludes halogenated alkanes) is 1. The van der Waals surface area contributed by atoms with Gasteiger partial charge in [-0.2, -0.15) is 15.0 Å². The summed E-state index contributed by atoms with van der Waals surface area (Å²) in [5, 5.41) is 3.09. The number of ether oxygens (including phenoxy) is 3. The minimum atomic E-state index is -0.255. The smallest absolute Gasteiger partial charge is 0.410 e. The maximum absolute atomic E-state index is 12.7. The topological polar surface area (TPSA) is 104 Å². The molecule has 0 aliphatic carbocycles. The Hall–Kier alpha value is -3.56. The van der Waals surface area contributed by atoms with E-state index < -0.39 is 0 Å². The molecule has 10 nitrogen and oxygen atoms in total. The molecule has 4 rings (SSSR count). The molecule has 3 aromatic rings. The summed E-state index contributed by atoms with van der Waals surface area (Å²) in [5.74, 6) is 0.949. The lowest BCUT2D eigenvalue weighted by Crippen LogP contribution is -2.40. The molecule has 1 aromatic carbocycles. The first-order valence-electron chi connectivity index (χ1n) is 12.7. The van der Waals surface area contributed by atoms with Gasteiger partial charge in [-0.1, -0.05) is 43.7 Å². The number of likely N-dealkylation sites (tertiary alicyclic amines) is 1. The monoisotopic (exact) mass is 496 g/mol. The number of aromatic nitrogens is 4. The van der Waals surface area contributed by atoms with Crippen LogP contribution in [0.25, 0.3) is 11.2 Å². The number of hydrogen-bond acceptors (Lipinski definition) is 8. The Morgan fingerprint density at radius 3 is 2.78 bits per heavy atom. The van der Waals surface area contributed by atoms with Crippen LogP contribution in [0.5, 0.6) is 12.0 Å². The number of nitrogens with zero attached hydrogens (tertiary/aromatic N) is 5. The van der Waals surface area contributed by atoms with Gasteiger partial charge in [0, 0.05) is 26.7 Å². The Kier molecular flexibility index (Phi) is 8.80. The largest absolute Gasteiger partial charge is 0.468 e. The number of imidazole rings is 1. The van der Waals surface area contributed by atoms with Crippen molar-refractivity contribution in [2.75, 3.05) is 39.2 Å².